The molecule has 0 radical (unpaired) electrons. The van der Waals surface area contributed by atoms with Crippen molar-refractivity contribution in [1.82, 2.24) is 10.2 Å². The third kappa shape index (κ3) is 0.885. The Kier molecular flexibility index (Phi) is 1.36. The van der Waals surface area contributed by atoms with Crippen LogP contribution in [-0.2, 0) is 4.74 Å². The number of nitrogens with one attached hydrogen (secondary N) is 1. The fourth-order valence-corrected chi connectivity index (χ4v) is 1.16. The molecule has 2 aliphatic heterocycles. The average Bonchev–Trinajstić information content (AvgIpc) is 2.28. The van der Waals surface area contributed by atoms with Crippen LogP contribution in [0.15, 0.2) is 24.2 Å². The number of ether oxygens (including phenoxy) is 1. The quantitative estimate of drug-likeness (QED) is 0.518. The molecule has 0 atom stereocenters. The highest BCUT2D eigenvalue weighted by Gasteiger charge is 2.13. The third-order valence-electron chi connectivity index (χ3n) is 1.71. The topological polar surface area (TPSA) is 24.5 Å². The predicted molar refractivity (Wildman–Crippen MR) is 37.9 cm³/mol. The standard InChI is InChI=1S/C7H10N2O/c1-3-10-4-2-9-6-8-5-7(1)9/h1-2,4,8H,3,5-6H2. The molecule has 0 aromatic carbocycles. The molecule has 1 N–H and O–H groups in total. The summed E-state index contributed by atoms with van der Waals surface area (Å²) in [6.45, 7) is 2.57. The van der Waals surface area contributed by atoms with Crippen LogP contribution >= 0.6 is 0 Å². The lowest BCUT2D eigenvalue weighted by Gasteiger charge is -2.09. The van der Waals surface area contributed by atoms with Crippen LogP contribution in [0.4, 0.5) is 0 Å². The van der Waals surface area contributed by atoms with Crippen LogP contribution in [0.25, 0.3) is 0 Å². The molecule has 54 valence electrons. The van der Waals surface area contributed by atoms with Gasteiger partial charge in [-0.05, 0) is 6.08 Å². The number of fused-ring (bicyclic) bond motifs is 1. The second-order valence-electron chi connectivity index (χ2n) is 2.37. The molecule has 2 aliphatic rings. The fraction of sp³-hybridized carbons (Fsp3) is 0.429. The minimum Gasteiger partial charge on any atom is -0.496 e. The van der Waals surface area contributed by atoms with Crippen molar-refractivity contribution in [1.29, 1.82) is 0 Å². The maximum Gasteiger partial charge on any atom is 0.108 e. The van der Waals surface area contributed by atoms with E-state index in [0.717, 1.165) is 13.2 Å². The fourth-order valence-electron chi connectivity index (χ4n) is 1.16. The van der Waals surface area contributed by atoms with E-state index in [-0.39, 0.29) is 0 Å². The minimum atomic E-state index is 0.698. The summed E-state index contributed by atoms with van der Waals surface area (Å²) in [5, 5.41) is 3.24. The van der Waals surface area contributed by atoms with Crippen molar-refractivity contribution in [3.8, 4) is 0 Å². The van der Waals surface area contributed by atoms with Gasteiger partial charge in [0.05, 0.1) is 12.9 Å². The molecule has 0 aromatic heterocycles. The molecule has 0 unspecified atom stereocenters. The summed E-state index contributed by atoms with van der Waals surface area (Å²) in [6.07, 6.45) is 5.79. The van der Waals surface area contributed by atoms with Crippen molar-refractivity contribution in [3.63, 3.8) is 0 Å². The molecule has 2 rings (SSSR count). The van der Waals surface area contributed by atoms with E-state index in [0.29, 0.717) is 6.61 Å². The Balaban J connectivity index is 2.20. The molecular weight excluding hydrogens is 128 g/mol. The first-order valence-corrected chi connectivity index (χ1v) is 3.41. The van der Waals surface area contributed by atoms with Gasteiger partial charge in [-0.25, -0.2) is 0 Å². The molecule has 10 heavy (non-hydrogen) atoms. The molecule has 0 aliphatic carbocycles. The molecule has 0 aromatic rings. The summed E-state index contributed by atoms with van der Waals surface area (Å²) in [5.74, 6) is 0. The highest BCUT2D eigenvalue weighted by molar-refractivity contribution is 5.12. The summed E-state index contributed by atoms with van der Waals surface area (Å²) in [6, 6.07) is 0. The SMILES string of the molecule is C1=CN2CNCC2=CCO1. The van der Waals surface area contributed by atoms with E-state index in [1.54, 1.807) is 6.26 Å². The summed E-state index contributed by atoms with van der Waals surface area (Å²) >= 11 is 0. The van der Waals surface area contributed by atoms with Crippen molar-refractivity contribution in [2.45, 2.75) is 0 Å². The van der Waals surface area contributed by atoms with Gasteiger partial charge in [-0.1, -0.05) is 0 Å². The van der Waals surface area contributed by atoms with E-state index in [1.807, 2.05) is 6.20 Å². The predicted octanol–water partition coefficient (Wildman–Crippen LogP) is 0.234. The highest BCUT2D eigenvalue weighted by atomic mass is 16.5. The first-order chi connectivity index (χ1) is 4.97. The van der Waals surface area contributed by atoms with Gasteiger partial charge in [0.25, 0.3) is 0 Å². The van der Waals surface area contributed by atoms with Crippen molar-refractivity contribution >= 4 is 0 Å². The Hall–Kier alpha value is -0.960. The normalized spacial score (nSPS) is 23.2. The van der Waals surface area contributed by atoms with Gasteiger partial charge in [0.15, 0.2) is 0 Å². The summed E-state index contributed by atoms with van der Waals surface area (Å²) in [4.78, 5) is 2.15. The van der Waals surface area contributed by atoms with Gasteiger partial charge in [0.1, 0.15) is 6.61 Å². The van der Waals surface area contributed by atoms with Gasteiger partial charge in [0, 0.05) is 18.4 Å². The molecule has 0 bridgehead atoms. The lowest BCUT2D eigenvalue weighted by atomic mass is 10.4. The minimum absolute atomic E-state index is 0.698. The molecule has 0 spiro atoms. The molecule has 3 heteroatoms. The molecule has 1 fully saturated rings. The largest absolute Gasteiger partial charge is 0.496 e. The Bertz CT molecular complexity index is 186. The smallest absolute Gasteiger partial charge is 0.108 e. The van der Waals surface area contributed by atoms with Crippen LogP contribution in [0.5, 0.6) is 0 Å². The Labute approximate surface area is 60.0 Å². The van der Waals surface area contributed by atoms with Crippen molar-refractivity contribution < 1.29 is 4.74 Å². The maximum atomic E-state index is 5.10. The number of nitrogens with zero attached hydrogens (tertiary/aromatic N) is 1. The summed E-state index contributed by atoms with van der Waals surface area (Å²) < 4.78 is 5.10. The van der Waals surface area contributed by atoms with E-state index < -0.39 is 0 Å². The van der Waals surface area contributed by atoms with E-state index in [9.17, 15) is 0 Å². The first-order valence-electron chi connectivity index (χ1n) is 3.41. The Morgan fingerprint density at radius 3 is 3.60 bits per heavy atom. The number of hydrogen-bond acceptors (Lipinski definition) is 3. The van der Waals surface area contributed by atoms with Crippen molar-refractivity contribution in [2.75, 3.05) is 19.8 Å². The van der Waals surface area contributed by atoms with Gasteiger partial charge < -0.3 is 9.64 Å². The van der Waals surface area contributed by atoms with E-state index in [4.69, 9.17) is 4.74 Å². The zero-order chi connectivity index (χ0) is 6.81. The number of hydrogen-bond donors (Lipinski definition) is 1. The maximum absolute atomic E-state index is 5.10. The molecule has 1 saturated heterocycles. The van der Waals surface area contributed by atoms with Gasteiger partial charge in [0.2, 0.25) is 0 Å². The molecule has 2 heterocycles. The van der Waals surface area contributed by atoms with Crippen LogP contribution in [0.3, 0.4) is 0 Å². The van der Waals surface area contributed by atoms with Crippen LogP contribution in [0.1, 0.15) is 0 Å². The lowest BCUT2D eigenvalue weighted by molar-refractivity contribution is 0.288. The summed E-state index contributed by atoms with van der Waals surface area (Å²) in [7, 11) is 0. The highest BCUT2D eigenvalue weighted by Crippen LogP contribution is 2.11. The van der Waals surface area contributed by atoms with Gasteiger partial charge >= 0.3 is 0 Å². The second kappa shape index (κ2) is 2.34. The van der Waals surface area contributed by atoms with Crippen LogP contribution in [0, 0.1) is 0 Å². The second-order valence-corrected chi connectivity index (χ2v) is 2.37. The van der Waals surface area contributed by atoms with Crippen LogP contribution < -0.4 is 5.32 Å². The lowest BCUT2D eigenvalue weighted by Crippen LogP contribution is -2.13. The zero-order valence-corrected chi connectivity index (χ0v) is 5.71. The average molecular weight is 138 g/mol. The molecule has 0 amide bonds. The monoisotopic (exact) mass is 138 g/mol. The van der Waals surface area contributed by atoms with E-state index in [2.05, 4.69) is 16.3 Å². The molecule has 0 saturated carbocycles. The van der Waals surface area contributed by atoms with Crippen molar-refractivity contribution in [2.24, 2.45) is 0 Å². The third-order valence-corrected chi connectivity index (χ3v) is 1.71. The van der Waals surface area contributed by atoms with Gasteiger partial charge in [-0.2, -0.15) is 0 Å². The number of rotatable bonds is 0. The van der Waals surface area contributed by atoms with Crippen molar-refractivity contribution in [3.05, 3.63) is 24.2 Å². The van der Waals surface area contributed by atoms with E-state index >= 15 is 0 Å². The first kappa shape index (κ1) is 5.80. The Morgan fingerprint density at radius 2 is 2.60 bits per heavy atom. The summed E-state index contributed by atoms with van der Waals surface area (Å²) in [5.41, 5.74) is 1.31. The van der Waals surface area contributed by atoms with Crippen LogP contribution in [-0.4, -0.2) is 24.7 Å². The van der Waals surface area contributed by atoms with E-state index in [1.165, 1.54) is 5.70 Å². The van der Waals surface area contributed by atoms with Gasteiger partial charge in [-0.15, -0.1) is 0 Å². The zero-order valence-electron chi connectivity index (χ0n) is 5.71. The molecule has 3 nitrogen and oxygen atoms in total. The molecular formula is C7H10N2O. The Morgan fingerprint density at radius 1 is 1.60 bits per heavy atom. The van der Waals surface area contributed by atoms with Gasteiger partial charge in [-0.3, -0.25) is 5.32 Å². The van der Waals surface area contributed by atoms with Crippen LogP contribution in [0.2, 0.25) is 0 Å².